The van der Waals surface area contributed by atoms with Gasteiger partial charge in [-0.05, 0) is 61.4 Å². The van der Waals surface area contributed by atoms with Crippen molar-refractivity contribution in [2.75, 3.05) is 19.6 Å². The van der Waals surface area contributed by atoms with Crippen LogP contribution >= 0.6 is 0 Å². The molecule has 7 nitrogen and oxygen atoms in total. The van der Waals surface area contributed by atoms with Crippen molar-refractivity contribution in [2.24, 2.45) is 0 Å². The highest BCUT2D eigenvalue weighted by Crippen LogP contribution is 2.38. The fraction of sp³-hybridized carbons (Fsp3) is 0.441. The zero-order valence-corrected chi connectivity index (χ0v) is 25.0. The molecule has 0 aliphatic heterocycles. The van der Waals surface area contributed by atoms with Gasteiger partial charge in [-0.3, -0.25) is 14.6 Å². The minimum Gasteiger partial charge on any atom is -0.390 e. The first-order valence-corrected chi connectivity index (χ1v) is 15.2. The number of nitrogens with one attached hydrogen (secondary N) is 2. The summed E-state index contributed by atoms with van der Waals surface area (Å²) in [5, 5.41) is 17.8. The summed E-state index contributed by atoms with van der Waals surface area (Å²) in [6.45, 7) is 5.34. The SMILES string of the molecule is CCCN(CCC)C(=O)c1cncc(C(=O)N[C@@H](Cc2cc(F)cc(F)c2)[C@H](O)CNC2(c3ccccc3)CCCC2)c1. The molecule has 3 N–H and O–H groups in total. The summed E-state index contributed by atoms with van der Waals surface area (Å²) in [4.78, 5) is 32.5. The first kappa shape index (κ1) is 32.2. The van der Waals surface area contributed by atoms with Gasteiger partial charge in [0, 0.05) is 43.6 Å². The van der Waals surface area contributed by atoms with E-state index in [2.05, 4.69) is 27.8 Å². The normalized spacial score (nSPS) is 15.6. The molecule has 1 aliphatic carbocycles. The lowest BCUT2D eigenvalue weighted by atomic mass is 9.87. The third-order valence-corrected chi connectivity index (χ3v) is 8.11. The summed E-state index contributed by atoms with van der Waals surface area (Å²) in [5.41, 5.74) is 1.60. The van der Waals surface area contributed by atoms with Crippen molar-refractivity contribution in [3.8, 4) is 0 Å². The van der Waals surface area contributed by atoms with E-state index in [1.165, 1.54) is 30.6 Å². The fourth-order valence-electron chi connectivity index (χ4n) is 5.98. The van der Waals surface area contributed by atoms with Crippen molar-refractivity contribution in [1.82, 2.24) is 20.5 Å². The van der Waals surface area contributed by atoms with E-state index in [4.69, 9.17) is 0 Å². The first-order chi connectivity index (χ1) is 20.7. The highest BCUT2D eigenvalue weighted by molar-refractivity contribution is 5.99. The van der Waals surface area contributed by atoms with Gasteiger partial charge < -0.3 is 20.6 Å². The number of halogens is 2. The van der Waals surface area contributed by atoms with Gasteiger partial charge in [0.05, 0.1) is 23.3 Å². The molecule has 1 fully saturated rings. The Bertz CT molecular complexity index is 1340. The van der Waals surface area contributed by atoms with Gasteiger partial charge in [0.1, 0.15) is 11.6 Å². The van der Waals surface area contributed by atoms with Crippen LogP contribution < -0.4 is 10.6 Å². The van der Waals surface area contributed by atoms with E-state index in [-0.39, 0.29) is 30.0 Å². The number of benzene rings is 2. The lowest BCUT2D eigenvalue weighted by molar-refractivity contribution is 0.0755. The summed E-state index contributed by atoms with van der Waals surface area (Å²) >= 11 is 0. The summed E-state index contributed by atoms with van der Waals surface area (Å²) < 4.78 is 28.1. The second kappa shape index (κ2) is 15.2. The molecule has 0 spiro atoms. The van der Waals surface area contributed by atoms with E-state index >= 15 is 0 Å². The van der Waals surface area contributed by atoms with Crippen LogP contribution in [0.2, 0.25) is 0 Å². The van der Waals surface area contributed by atoms with Crippen molar-refractivity contribution in [3.63, 3.8) is 0 Å². The van der Waals surface area contributed by atoms with E-state index < -0.39 is 29.7 Å². The predicted molar refractivity (Wildman–Crippen MR) is 163 cm³/mol. The fourth-order valence-corrected chi connectivity index (χ4v) is 5.98. The number of pyridine rings is 1. The lowest BCUT2D eigenvalue weighted by Gasteiger charge is -2.34. The van der Waals surface area contributed by atoms with Crippen LogP contribution in [-0.2, 0) is 12.0 Å². The molecule has 0 radical (unpaired) electrons. The zero-order chi connectivity index (χ0) is 30.8. The van der Waals surface area contributed by atoms with Crippen molar-refractivity contribution >= 4 is 11.8 Å². The third kappa shape index (κ3) is 8.45. The molecule has 0 unspecified atom stereocenters. The Morgan fingerprint density at radius 2 is 1.58 bits per heavy atom. The minimum atomic E-state index is -1.08. The number of aliphatic hydroxyl groups is 1. The molecule has 0 saturated heterocycles. The summed E-state index contributed by atoms with van der Waals surface area (Å²) in [6, 6.07) is 13.9. The maximum Gasteiger partial charge on any atom is 0.255 e. The molecule has 9 heteroatoms. The molecule has 43 heavy (non-hydrogen) atoms. The third-order valence-electron chi connectivity index (χ3n) is 8.11. The second-order valence-electron chi connectivity index (χ2n) is 11.4. The maximum absolute atomic E-state index is 14.0. The zero-order valence-electron chi connectivity index (χ0n) is 25.0. The average molecular weight is 593 g/mol. The molecule has 2 amide bonds. The van der Waals surface area contributed by atoms with E-state index in [1.54, 1.807) is 4.90 Å². The van der Waals surface area contributed by atoms with Crippen LogP contribution in [0.15, 0.2) is 67.0 Å². The standard InChI is InChI=1S/C34H42F2N4O3/c1-3-14-40(15-4-2)33(43)26-19-25(21-37-22-26)32(42)39-30(18-24-16-28(35)20-29(36)17-24)31(41)23-38-34(12-8-9-13-34)27-10-6-5-7-11-27/h5-7,10-11,16-17,19-22,30-31,38,41H,3-4,8-9,12-15,18,23H2,1-2H3,(H,39,42)/t30-,31+/m0/s1. The smallest absolute Gasteiger partial charge is 0.255 e. The molecule has 1 heterocycles. The number of nitrogens with zero attached hydrogens (tertiary/aromatic N) is 2. The number of hydrogen-bond acceptors (Lipinski definition) is 5. The van der Waals surface area contributed by atoms with Crippen LogP contribution in [0.4, 0.5) is 8.78 Å². The van der Waals surface area contributed by atoms with Crippen LogP contribution in [0.25, 0.3) is 0 Å². The van der Waals surface area contributed by atoms with E-state index in [1.807, 2.05) is 32.0 Å². The van der Waals surface area contributed by atoms with Crippen LogP contribution in [0.1, 0.15) is 84.2 Å². The van der Waals surface area contributed by atoms with Gasteiger partial charge in [-0.25, -0.2) is 8.78 Å². The Hall–Kier alpha value is -3.69. The second-order valence-corrected chi connectivity index (χ2v) is 11.4. The largest absolute Gasteiger partial charge is 0.390 e. The molecule has 3 aromatic rings. The Morgan fingerprint density at radius 1 is 0.953 bits per heavy atom. The van der Waals surface area contributed by atoms with Crippen molar-refractivity contribution in [1.29, 1.82) is 0 Å². The Balaban J connectivity index is 1.55. The summed E-state index contributed by atoms with van der Waals surface area (Å²) in [5.74, 6) is -2.22. The number of carbonyl (C=O) groups excluding carboxylic acids is 2. The molecule has 0 bridgehead atoms. The monoisotopic (exact) mass is 592 g/mol. The predicted octanol–water partition coefficient (Wildman–Crippen LogP) is 5.38. The Kier molecular flexibility index (Phi) is 11.4. The molecular formula is C34H42F2N4O3. The maximum atomic E-state index is 14.0. The molecule has 2 aromatic carbocycles. The number of rotatable bonds is 14. The van der Waals surface area contributed by atoms with E-state index in [0.29, 0.717) is 24.2 Å². The number of hydrogen-bond donors (Lipinski definition) is 3. The van der Waals surface area contributed by atoms with Crippen molar-refractivity contribution in [2.45, 2.75) is 76.5 Å². The van der Waals surface area contributed by atoms with Crippen molar-refractivity contribution in [3.05, 3.63) is 101 Å². The molecule has 1 saturated carbocycles. The molecule has 4 rings (SSSR count). The number of carbonyl (C=O) groups is 2. The summed E-state index contributed by atoms with van der Waals surface area (Å²) in [7, 11) is 0. The Morgan fingerprint density at radius 3 is 2.21 bits per heavy atom. The first-order valence-electron chi connectivity index (χ1n) is 15.2. The van der Waals surface area contributed by atoms with Gasteiger partial charge in [-0.1, -0.05) is 57.0 Å². The number of amides is 2. The van der Waals surface area contributed by atoms with Crippen molar-refractivity contribution < 1.29 is 23.5 Å². The van der Waals surface area contributed by atoms with Gasteiger partial charge in [0.25, 0.3) is 11.8 Å². The van der Waals surface area contributed by atoms with Gasteiger partial charge in [0.15, 0.2) is 0 Å². The number of aliphatic hydroxyl groups excluding tert-OH is 1. The van der Waals surface area contributed by atoms with Crippen LogP contribution in [0.3, 0.4) is 0 Å². The topological polar surface area (TPSA) is 94.6 Å². The van der Waals surface area contributed by atoms with E-state index in [0.717, 1.165) is 50.2 Å². The minimum absolute atomic E-state index is 0.00552. The molecule has 2 atom stereocenters. The number of aromatic nitrogens is 1. The van der Waals surface area contributed by atoms with Crippen LogP contribution in [-0.4, -0.2) is 58.6 Å². The molecular weight excluding hydrogens is 550 g/mol. The average Bonchev–Trinajstić information content (AvgIpc) is 3.49. The Labute approximate surface area is 252 Å². The van der Waals surface area contributed by atoms with Gasteiger partial charge >= 0.3 is 0 Å². The van der Waals surface area contributed by atoms with Gasteiger partial charge in [-0.2, -0.15) is 0 Å². The van der Waals surface area contributed by atoms with Crippen LogP contribution in [0, 0.1) is 11.6 Å². The lowest BCUT2D eigenvalue weighted by Crippen LogP contribution is -2.52. The van der Waals surface area contributed by atoms with E-state index in [9.17, 15) is 23.5 Å². The van der Waals surface area contributed by atoms with Gasteiger partial charge in [-0.15, -0.1) is 0 Å². The molecule has 230 valence electrons. The highest BCUT2D eigenvalue weighted by atomic mass is 19.1. The molecule has 1 aromatic heterocycles. The van der Waals surface area contributed by atoms with Crippen LogP contribution in [0.5, 0.6) is 0 Å². The molecule has 1 aliphatic rings. The quantitative estimate of drug-likeness (QED) is 0.234. The highest BCUT2D eigenvalue weighted by Gasteiger charge is 2.36. The van der Waals surface area contributed by atoms with Gasteiger partial charge in [0.2, 0.25) is 0 Å². The summed E-state index contributed by atoms with van der Waals surface area (Å²) in [6.07, 6.45) is 7.25.